The standard InChI is InChI=1S/C10H12F3N5/c11-10(12,13)7-17(6-3-14)8-2-5-18-9(16-8)1-4-15-18/h1-2,4-5H,3,6-7,14H2. The van der Waals surface area contributed by atoms with Gasteiger partial charge in [-0.2, -0.15) is 18.3 Å². The number of hydrogen-bond acceptors (Lipinski definition) is 4. The van der Waals surface area contributed by atoms with E-state index in [4.69, 9.17) is 5.73 Å². The summed E-state index contributed by atoms with van der Waals surface area (Å²) in [4.78, 5) is 5.21. The second-order valence-electron chi connectivity index (χ2n) is 3.75. The first kappa shape index (κ1) is 12.6. The van der Waals surface area contributed by atoms with Crippen molar-refractivity contribution in [2.75, 3.05) is 24.5 Å². The van der Waals surface area contributed by atoms with Gasteiger partial charge < -0.3 is 10.6 Å². The lowest BCUT2D eigenvalue weighted by molar-refractivity contribution is -0.119. The van der Waals surface area contributed by atoms with Crippen molar-refractivity contribution in [2.45, 2.75) is 6.18 Å². The van der Waals surface area contributed by atoms with Crippen LogP contribution < -0.4 is 10.6 Å². The molecule has 0 aliphatic heterocycles. The van der Waals surface area contributed by atoms with Crippen molar-refractivity contribution in [3.8, 4) is 0 Å². The molecule has 0 spiro atoms. The quantitative estimate of drug-likeness (QED) is 0.891. The lowest BCUT2D eigenvalue weighted by Crippen LogP contribution is -2.38. The summed E-state index contributed by atoms with van der Waals surface area (Å²) >= 11 is 0. The van der Waals surface area contributed by atoms with Gasteiger partial charge in [0.2, 0.25) is 0 Å². The summed E-state index contributed by atoms with van der Waals surface area (Å²) in [5.41, 5.74) is 5.82. The molecule has 0 aliphatic rings. The topological polar surface area (TPSA) is 59.5 Å². The maximum Gasteiger partial charge on any atom is 0.405 e. The van der Waals surface area contributed by atoms with E-state index in [0.29, 0.717) is 5.65 Å². The largest absolute Gasteiger partial charge is 0.405 e. The Morgan fingerprint density at radius 3 is 2.78 bits per heavy atom. The van der Waals surface area contributed by atoms with Crippen LogP contribution in [0, 0.1) is 0 Å². The van der Waals surface area contributed by atoms with Crippen LogP contribution in [0.5, 0.6) is 0 Å². The minimum atomic E-state index is -4.29. The monoisotopic (exact) mass is 259 g/mol. The number of alkyl halides is 3. The van der Waals surface area contributed by atoms with E-state index in [2.05, 4.69) is 10.1 Å². The summed E-state index contributed by atoms with van der Waals surface area (Å²) in [5, 5.41) is 3.93. The van der Waals surface area contributed by atoms with E-state index in [0.717, 1.165) is 4.90 Å². The van der Waals surface area contributed by atoms with E-state index in [1.165, 1.54) is 16.8 Å². The highest BCUT2D eigenvalue weighted by molar-refractivity contribution is 5.47. The molecule has 2 N–H and O–H groups in total. The molecule has 8 heteroatoms. The fourth-order valence-corrected chi connectivity index (χ4v) is 1.63. The number of nitrogens with two attached hydrogens (primary N) is 1. The van der Waals surface area contributed by atoms with Crippen LogP contribution in [0.1, 0.15) is 0 Å². The Hall–Kier alpha value is -1.83. The highest BCUT2D eigenvalue weighted by Gasteiger charge is 2.31. The van der Waals surface area contributed by atoms with E-state index in [1.54, 1.807) is 12.3 Å². The molecule has 0 radical (unpaired) electrons. The molecule has 0 bridgehead atoms. The first-order valence-corrected chi connectivity index (χ1v) is 5.32. The lowest BCUT2D eigenvalue weighted by atomic mass is 10.4. The summed E-state index contributed by atoms with van der Waals surface area (Å²) in [7, 11) is 0. The summed E-state index contributed by atoms with van der Waals surface area (Å²) in [6.45, 7) is -0.847. The van der Waals surface area contributed by atoms with Gasteiger partial charge in [0.25, 0.3) is 0 Å². The van der Waals surface area contributed by atoms with Gasteiger partial charge in [-0.15, -0.1) is 0 Å². The molecule has 2 heterocycles. The number of nitrogens with zero attached hydrogens (tertiary/aromatic N) is 4. The molecule has 2 rings (SSSR count). The molecular weight excluding hydrogens is 247 g/mol. The Morgan fingerprint density at radius 2 is 2.11 bits per heavy atom. The Kier molecular flexibility index (Phi) is 3.37. The zero-order chi connectivity index (χ0) is 13.2. The number of anilines is 1. The van der Waals surface area contributed by atoms with Crippen LogP contribution in [0.4, 0.5) is 19.0 Å². The van der Waals surface area contributed by atoms with Crippen molar-refractivity contribution in [1.29, 1.82) is 0 Å². The Bertz CT molecular complexity index is 521. The third kappa shape index (κ3) is 2.89. The van der Waals surface area contributed by atoms with Crippen LogP contribution in [0.25, 0.3) is 5.65 Å². The van der Waals surface area contributed by atoms with Gasteiger partial charge in [0.15, 0.2) is 5.65 Å². The molecule has 18 heavy (non-hydrogen) atoms. The fraction of sp³-hybridized carbons (Fsp3) is 0.400. The molecule has 0 saturated carbocycles. The fourth-order valence-electron chi connectivity index (χ4n) is 1.63. The Morgan fingerprint density at radius 1 is 1.33 bits per heavy atom. The molecule has 2 aromatic rings. The predicted octanol–water partition coefficient (Wildman–Crippen LogP) is 1.06. The normalized spacial score (nSPS) is 12.0. The molecular formula is C10H12F3N5. The Labute approximate surface area is 101 Å². The van der Waals surface area contributed by atoms with Crippen LogP contribution in [0.2, 0.25) is 0 Å². The minimum Gasteiger partial charge on any atom is -0.346 e. The van der Waals surface area contributed by atoms with Crippen molar-refractivity contribution < 1.29 is 13.2 Å². The summed E-state index contributed by atoms with van der Waals surface area (Å²) in [6.07, 6.45) is -1.19. The molecule has 5 nitrogen and oxygen atoms in total. The SMILES string of the molecule is NCCN(CC(F)(F)F)c1ccn2nccc2n1. The van der Waals surface area contributed by atoms with Crippen molar-refractivity contribution in [2.24, 2.45) is 5.73 Å². The third-order valence-electron chi connectivity index (χ3n) is 2.34. The number of aromatic nitrogens is 3. The summed E-state index contributed by atoms with van der Waals surface area (Å²) in [6, 6.07) is 3.11. The van der Waals surface area contributed by atoms with Gasteiger partial charge in [-0.05, 0) is 6.07 Å². The second kappa shape index (κ2) is 4.81. The molecule has 0 aromatic carbocycles. The molecule has 0 fully saturated rings. The van der Waals surface area contributed by atoms with Gasteiger partial charge >= 0.3 is 6.18 Å². The molecule has 0 unspecified atom stereocenters. The van der Waals surface area contributed by atoms with Crippen molar-refractivity contribution in [1.82, 2.24) is 14.6 Å². The van der Waals surface area contributed by atoms with Gasteiger partial charge in [0, 0.05) is 25.4 Å². The molecule has 0 aliphatic carbocycles. The van der Waals surface area contributed by atoms with Crippen LogP contribution in [0.15, 0.2) is 24.5 Å². The van der Waals surface area contributed by atoms with E-state index in [-0.39, 0.29) is 18.9 Å². The maximum absolute atomic E-state index is 12.4. The van der Waals surface area contributed by atoms with Gasteiger partial charge in [0.05, 0.1) is 6.20 Å². The zero-order valence-corrected chi connectivity index (χ0v) is 9.43. The first-order chi connectivity index (χ1) is 8.49. The highest BCUT2D eigenvalue weighted by atomic mass is 19.4. The van der Waals surface area contributed by atoms with Gasteiger partial charge in [-0.25, -0.2) is 9.50 Å². The van der Waals surface area contributed by atoms with Crippen molar-refractivity contribution in [3.63, 3.8) is 0 Å². The minimum absolute atomic E-state index is 0.0941. The average Bonchev–Trinajstić information content (AvgIpc) is 2.73. The average molecular weight is 259 g/mol. The number of rotatable bonds is 4. The first-order valence-electron chi connectivity index (χ1n) is 5.32. The van der Waals surface area contributed by atoms with Crippen LogP contribution in [-0.2, 0) is 0 Å². The van der Waals surface area contributed by atoms with E-state index < -0.39 is 12.7 Å². The van der Waals surface area contributed by atoms with Crippen molar-refractivity contribution in [3.05, 3.63) is 24.5 Å². The molecule has 98 valence electrons. The number of halogens is 3. The lowest BCUT2D eigenvalue weighted by Gasteiger charge is -2.24. The van der Waals surface area contributed by atoms with Crippen LogP contribution >= 0.6 is 0 Å². The van der Waals surface area contributed by atoms with E-state index >= 15 is 0 Å². The summed E-state index contributed by atoms with van der Waals surface area (Å²) < 4.78 is 38.8. The van der Waals surface area contributed by atoms with Gasteiger partial charge in [-0.3, -0.25) is 0 Å². The molecule has 0 saturated heterocycles. The predicted molar refractivity (Wildman–Crippen MR) is 60.3 cm³/mol. The highest BCUT2D eigenvalue weighted by Crippen LogP contribution is 2.20. The molecule has 0 amide bonds. The van der Waals surface area contributed by atoms with Crippen molar-refractivity contribution >= 4 is 11.5 Å². The number of hydrogen-bond donors (Lipinski definition) is 1. The Balaban J connectivity index is 2.28. The zero-order valence-electron chi connectivity index (χ0n) is 9.43. The van der Waals surface area contributed by atoms with E-state index in [9.17, 15) is 13.2 Å². The van der Waals surface area contributed by atoms with Gasteiger partial charge in [-0.1, -0.05) is 0 Å². The van der Waals surface area contributed by atoms with Crippen LogP contribution in [0.3, 0.4) is 0 Å². The summed E-state index contributed by atoms with van der Waals surface area (Å²) in [5.74, 6) is 0.241. The smallest absolute Gasteiger partial charge is 0.346 e. The number of fused-ring (bicyclic) bond motifs is 1. The molecule has 0 atom stereocenters. The second-order valence-corrected chi connectivity index (χ2v) is 3.75. The van der Waals surface area contributed by atoms with Crippen LogP contribution in [-0.4, -0.2) is 40.4 Å². The third-order valence-corrected chi connectivity index (χ3v) is 2.34. The molecule has 2 aromatic heterocycles. The van der Waals surface area contributed by atoms with Gasteiger partial charge in [0.1, 0.15) is 12.4 Å². The maximum atomic E-state index is 12.4. The van der Waals surface area contributed by atoms with E-state index in [1.807, 2.05) is 0 Å².